The van der Waals surface area contributed by atoms with Crippen LogP contribution < -0.4 is 5.32 Å². The summed E-state index contributed by atoms with van der Waals surface area (Å²) in [5.41, 5.74) is 5.90. The van der Waals surface area contributed by atoms with Gasteiger partial charge < -0.3 is 5.32 Å². The second kappa shape index (κ2) is 8.12. The molecule has 3 heteroatoms. The number of hydrogen-bond acceptors (Lipinski definition) is 2. The van der Waals surface area contributed by atoms with Gasteiger partial charge in [0.1, 0.15) is 5.69 Å². The molecule has 0 amide bonds. The first-order valence-electron chi connectivity index (χ1n) is 10.7. The molecule has 0 bridgehead atoms. The third-order valence-electron chi connectivity index (χ3n) is 5.97. The van der Waals surface area contributed by atoms with Crippen LogP contribution in [0.15, 0.2) is 78.9 Å². The number of anilines is 1. The van der Waals surface area contributed by atoms with Crippen LogP contribution in [-0.2, 0) is 6.54 Å². The van der Waals surface area contributed by atoms with E-state index in [1.54, 1.807) is 0 Å². The van der Waals surface area contributed by atoms with Crippen molar-refractivity contribution in [3.8, 4) is 11.3 Å². The maximum absolute atomic E-state index is 5.09. The Balaban J connectivity index is 1.62. The molecule has 1 aromatic heterocycles. The third-order valence-corrected chi connectivity index (χ3v) is 5.97. The maximum Gasteiger partial charge on any atom is 0.102 e. The molecule has 1 aliphatic rings. The van der Waals surface area contributed by atoms with E-state index in [0.717, 1.165) is 12.2 Å². The van der Waals surface area contributed by atoms with Crippen LogP contribution in [0.4, 0.5) is 5.69 Å². The Morgan fingerprint density at radius 2 is 1.52 bits per heavy atom. The summed E-state index contributed by atoms with van der Waals surface area (Å²) >= 11 is 0. The van der Waals surface area contributed by atoms with Crippen molar-refractivity contribution in [3.05, 3.63) is 84.4 Å². The molecule has 29 heavy (non-hydrogen) atoms. The summed E-state index contributed by atoms with van der Waals surface area (Å²) in [6.07, 6.45) is 6.54. The lowest BCUT2D eigenvalue weighted by atomic mass is 9.95. The van der Waals surface area contributed by atoms with E-state index >= 15 is 0 Å². The summed E-state index contributed by atoms with van der Waals surface area (Å²) in [6.45, 7) is 0.775. The zero-order chi connectivity index (χ0) is 19.5. The van der Waals surface area contributed by atoms with Gasteiger partial charge in [-0.05, 0) is 30.5 Å². The van der Waals surface area contributed by atoms with E-state index in [2.05, 4.69) is 88.9 Å². The highest BCUT2D eigenvalue weighted by Gasteiger charge is 2.19. The standard InChI is InChI=1S/C26H27N3/c1-4-11-20(12-5-1)19-29-24-18-10-17-23(27-22-15-8-3-9-16-22)25(24)26(28-29)21-13-6-2-7-14-21/h1-2,4-7,10-14,17-18,22,27H,3,8-9,15-16,19H2. The lowest BCUT2D eigenvalue weighted by molar-refractivity contribution is 0.463. The van der Waals surface area contributed by atoms with Crippen molar-refractivity contribution < 1.29 is 0 Å². The molecule has 1 aliphatic carbocycles. The van der Waals surface area contributed by atoms with E-state index in [1.807, 2.05) is 0 Å². The van der Waals surface area contributed by atoms with Crippen LogP contribution in [0, 0.1) is 0 Å². The van der Waals surface area contributed by atoms with Crippen molar-refractivity contribution in [2.24, 2.45) is 0 Å². The molecular formula is C26H27N3. The smallest absolute Gasteiger partial charge is 0.102 e. The van der Waals surface area contributed by atoms with E-state index in [1.165, 1.54) is 59.8 Å². The molecule has 0 unspecified atom stereocenters. The van der Waals surface area contributed by atoms with Crippen molar-refractivity contribution >= 4 is 16.6 Å². The van der Waals surface area contributed by atoms with Gasteiger partial charge in [0, 0.05) is 17.3 Å². The van der Waals surface area contributed by atoms with Gasteiger partial charge >= 0.3 is 0 Å². The zero-order valence-electron chi connectivity index (χ0n) is 16.7. The Morgan fingerprint density at radius 3 is 2.28 bits per heavy atom. The van der Waals surface area contributed by atoms with Crippen LogP contribution in [0.25, 0.3) is 22.2 Å². The average molecular weight is 382 g/mol. The minimum atomic E-state index is 0.565. The Bertz CT molecular complexity index is 1080. The summed E-state index contributed by atoms with van der Waals surface area (Å²) in [7, 11) is 0. The summed E-state index contributed by atoms with van der Waals surface area (Å²) in [6, 6.07) is 28.3. The highest BCUT2D eigenvalue weighted by molar-refractivity contribution is 6.02. The summed E-state index contributed by atoms with van der Waals surface area (Å²) in [5.74, 6) is 0. The average Bonchev–Trinajstić information content (AvgIpc) is 3.15. The molecule has 0 radical (unpaired) electrons. The number of rotatable bonds is 5. The molecule has 0 spiro atoms. The summed E-state index contributed by atoms with van der Waals surface area (Å²) in [5, 5.41) is 10.2. The second-order valence-corrected chi connectivity index (χ2v) is 8.04. The Morgan fingerprint density at radius 1 is 0.793 bits per heavy atom. The van der Waals surface area contributed by atoms with E-state index in [-0.39, 0.29) is 0 Å². The molecule has 0 atom stereocenters. The van der Waals surface area contributed by atoms with Gasteiger partial charge in [-0.1, -0.05) is 86.0 Å². The fourth-order valence-corrected chi connectivity index (χ4v) is 4.49. The zero-order valence-corrected chi connectivity index (χ0v) is 16.7. The Labute approximate surface area is 172 Å². The van der Waals surface area contributed by atoms with Gasteiger partial charge in [0.25, 0.3) is 0 Å². The topological polar surface area (TPSA) is 29.9 Å². The third kappa shape index (κ3) is 3.77. The molecule has 4 aromatic rings. The highest BCUT2D eigenvalue weighted by Crippen LogP contribution is 2.35. The molecule has 5 rings (SSSR count). The van der Waals surface area contributed by atoms with Gasteiger partial charge in [0.05, 0.1) is 17.4 Å². The van der Waals surface area contributed by atoms with Crippen LogP contribution in [0.2, 0.25) is 0 Å². The summed E-state index contributed by atoms with van der Waals surface area (Å²) < 4.78 is 2.15. The SMILES string of the molecule is c1ccc(Cn2nc(-c3ccccc3)c3c(NC4CCCCC4)cccc32)cc1. The fourth-order valence-electron chi connectivity index (χ4n) is 4.49. The van der Waals surface area contributed by atoms with Crippen LogP contribution >= 0.6 is 0 Å². The minimum Gasteiger partial charge on any atom is -0.382 e. The summed E-state index contributed by atoms with van der Waals surface area (Å²) in [4.78, 5) is 0. The van der Waals surface area contributed by atoms with Crippen LogP contribution in [-0.4, -0.2) is 15.8 Å². The molecule has 1 fully saturated rings. The molecule has 1 saturated carbocycles. The van der Waals surface area contributed by atoms with E-state index in [0.29, 0.717) is 6.04 Å². The number of nitrogens with zero attached hydrogens (tertiary/aromatic N) is 2. The number of aromatic nitrogens is 2. The highest BCUT2D eigenvalue weighted by atomic mass is 15.3. The fraction of sp³-hybridized carbons (Fsp3) is 0.269. The van der Waals surface area contributed by atoms with Crippen molar-refractivity contribution in [1.82, 2.24) is 9.78 Å². The lowest BCUT2D eigenvalue weighted by Gasteiger charge is -2.24. The molecular weight excluding hydrogens is 354 g/mol. The number of fused-ring (bicyclic) bond motifs is 1. The maximum atomic E-state index is 5.09. The lowest BCUT2D eigenvalue weighted by Crippen LogP contribution is -2.22. The largest absolute Gasteiger partial charge is 0.382 e. The number of hydrogen-bond donors (Lipinski definition) is 1. The first-order valence-corrected chi connectivity index (χ1v) is 10.7. The number of benzene rings is 3. The van der Waals surface area contributed by atoms with Gasteiger partial charge in [-0.25, -0.2) is 0 Å². The van der Waals surface area contributed by atoms with Crippen molar-refractivity contribution in [2.75, 3.05) is 5.32 Å². The Kier molecular flexibility index (Phi) is 5.04. The monoisotopic (exact) mass is 381 g/mol. The molecule has 146 valence electrons. The normalized spacial score (nSPS) is 14.9. The minimum absolute atomic E-state index is 0.565. The predicted molar refractivity (Wildman–Crippen MR) is 121 cm³/mol. The number of nitrogens with one attached hydrogen (secondary N) is 1. The Hall–Kier alpha value is -3.07. The molecule has 1 N–H and O–H groups in total. The first kappa shape index (κ1) is 18.0. The predicted octanol–water partition coefficient (Wildman–Crippen LogP) is 6.50. The van der Waals surface area contributed by atoms with Gasteiger partial charge in [0.15, 0.2) is 0 Å². The van der Waals surface area contributed by atoms with Gasteiger partial charge in [-0.3, -0.25) is 4.68 Å². The molecule has 3 nitrogen and oxygen atoms in total. The molecule has 1 heterocycles. The van der Waals surface area contributed by atoms with Gasteiger partial charge in [-0.15, -0.1) is 0 Å². The first-order chi connectivity index (χ1) is 14.4. The van der Waals surface area contributed by atoms with E-state index < -0.39 is 0 Å². The van der Waals surface area contributed by atoms with Crippen LogP contribution in [0.1, 0.15) is 37.7 Å². The van der Waals surface area contributed by atoms with Gasteiger partial charge in [-0.2, -0.15) is 5.10 Å². The second-order valence-electron chi connectivity index (χ2n) is 8.04. The molecule has 0 saturated heterocycles. The van der Waals surface area contributed by atoms with Crippen LogP contribution in [0.5, 0.6) is 0 Å². The molecule has 3 aromatic carbocycles. The molecule has 0 aliphatic heterocycles. The van der Waals surface area contributed by atoms with E-state index in [9.17, 15) is 0 Å². The van der Waals surface area contributed by atoms with Gasteiger partial charge in [0.2, 0.25) is 0 Å². The van der Waals surface area contributed by atoms with E-state index in [4.69, 9.17) is 5.10 Å². The van der Waals surface area contributed by atoms with Crippen molar-refractivity contribution in [2.45, 2.75) is 44.7 Å². The van der Waals surface area contributed by atoms with Crippen LogP contribution in [0.3, 0.4) is 0 Å². The quantitative estimate of drug-likeness (QED) is 0.428. The van der Waals surface area contributed by atoms with Crippen molar-refractivity contribution in [1.29, 1.82) is 0 Å². The van der Waals surface area contributed by atoms with Crippen molar-refractivity contribution in [3.63, 3.8) is 0 Å².